The smallest absolute Gasteiger partial charge is 0.222 e. The number of rotatable bonds is 5. The molecule has 3 aromatic rings. The highest BCUT2D eigenvalue weighted by molar-refractivity contribution is 6.22. The molecule has 0 saturated carbocycles. The average Bonchev–Trinajstić information content (AvgIpc) is 3.10. The van der Waals surface area contributed by atoms with Crippen LogP contribution in [-0.2, 0) is 0 Å². The molecule has 0 unspecified atom stereocenters. The Morgan fingerprint density at radius 2 is 2.04 bits per heavy atom. The van der Waals surface area contributed by atoms with E-state index in [2.05, 4.69) is 43.0 Å². The van der Waals surface area contributed by atoms with Crippen LogP contribution in [0.3, 0.4) is 0 Å². The van der Waals surface area contributed by atoms with Crippen LogP contribution in [0.4, 0.5) is 11.8 Å². The maximum absolute atomic E-state index is 6.04. The molecule has 0 spiro atoms. The van der Waals surface area contributed by atoms with Crippen LogP contribution in [0.15, 0.2) is 53.8 Å². The number of nitrogens with one attached hydrogen (secondary N) is 3. The van der Waals surface area contributed by atoms with Crippen LogP contribution in [-0.4, -0.2) is 41.6 Å². The Labute approximate surface area is 153 Å². The van der Waals surface area contributed by atoms with Gasteiger partial charge in [0.1, 0.15) is 7.85 Å². The van der Waals surface area contributed by atoms with Crippen molar-refractivity contribution >= 4 is 30.5 Å². The van der Waals surface area contributed by atoms with Crippen molar-refractivity contribution < 1.29 is 0 Å². The van der Waals surface area contributed by atoms with Gasteiger partial charge in [-0.3, -0.25) is 5.10 Å². The molecule has 0 fully saturated rings. The fraction of sp³-hybridized carbons (Fsp3) is 0.211. The summed E-state index contributed by atoms with van der Waals surface area (Å²) in [6.45, 7) is 0.634. The summed E-state index contributed by atoms with van der Waals surface area (Å²) in [5.41, 5.74) is 5.01. The molecular formula is C19H19BN6. The van der Waals surface area contributed by atoms with Crippen molar-refractivity contribution in [3.63, 3.8) is 0 Å². The highest BCUT2D eigenvalue weighted by Gasteiger charge is 2.08. The number of hydrogen-bond donors (Lipinski definition) is 3. The monoisotopic (exact) mass is 342 g/mol. The predicted octanol–water partition coefficient (Wildman–Crippen LogP) is 3.25. The number of anilines is 2. The summed E-state index contributed by atoms with van der Waals surface area (Å²) in [4.78, 5) is 8.84. The number of benzene rings is 1. The Morgan fingerprint density at radius 3 is 2.81 bits per heavy atom. The molecule has 26 heavy (non-hydrogen) atoms. The number of fused-ring (bicyclic) bond motifs is 1. The molecule has 2 aromatic heterocycles. The zero-order valence-corrected chi connectivity index (χ0v) is 14.6. The number of nitrogens with zero attached hydrogens (tertiary/aromatic N) is 3. The van der Waals surface area contributed by atoms with E-state index in [-0.39, 0.29) is 0 Å². The van der Waals surface area contributed by atoms with E-state index in [1.807, 2.05) is 37.6 Å². The van der Waals surface area contributed by atoms with Crippen molar-refractivity contribution in [2.75, 3.05) is 24.2 Å². The molecule has 128 valence electrons. The van der Waals surface area contributed by atoms with Crippen molar-refractivity contribution in [1.29, 1.82) is 0 Å². The molecule has 1 aromatic carbocycles. The summed E-state index contributed by atoms with van der Waals surface area (Å²) in [6.07, 6.45) is 9.78. The standard InChI is InChI=1S/C19H19BN6/c1-21-18-15-7-6-12(8-17(15)25-26-18)14-10-23-19(24-11-14)22-9-13-4-2-3-5-16(13)20/h2,4,6-8,10-11H,3,5,9H2,1H3,(H2,21,25,26)(H,22,23,24). The zero-order chi connectivity index (χ0) is 17.9. The Balaban J connectivity index is 1.50. The Morgan fingerprint density at radius 1 is 1.19 bits per heavy atom. The van der Waals surface area contributed by atoms with E-state index >= 15 is 0 Å². The molecule has 0 saturated heterocycles. The summed E-state index contributed by atoms with van der Waals surface area (Å²) in [5, 5.41) is 14.6. The molecule has 7 heteroatoms. The van der Waals surface area contributed by atoms with Gasteiger partial charge in [0.15, 0.2) is 5.82 Å². The summed E-state index contributed by atoms with van der Waals surface area (Å²) in [7, 11) is 7.89. The molecule has 0 amide bonds. The SMILES string of the molecule is [B]C1=C(CNc2ncc(-c3ccc4c(NC)n[nH]c4c3)cn2)C=CCC1. The lowest BCUT2D eigenvalue weighted by Gasteiger charge is -2.13. The van der Waals surface area contributed by atoms with Gasteiger partial charge >= 0.3 is 0 Å². The van der Waals surface area contributed by atoms with Gasteiger partial charge in [-0.15, -0.1) is 5.47 Å². The molecule has 4 rings (SSSR count). The van der Waals surface area contributed by atoms with Gasteiger partial charge in [0, 0.05) is 36.9 Å². The second-order valence-corrected chi connectivity index (χ2v) is 6.22. The highest BCUT2D eigenvalue weighted by Crippen LogP contribution is 2.26. The minimum Gasteiger partial charge on any atom is -0.371 e. The van der Waals surface area contributed by atoms with E-state index in [0.29, 0.717) is 12.5 Å². The van der Waals surface area contributed by atoms with Crippen LogP contribution in [0.2, 0.25) is 0 Å². The van der Waals surface area contributed by atoms with Gasteiger partial charge in [-0.05, 0) is 36.1 Å². The number of hydrogen-bond acceptors (Lipinski definition) is 5. The first-order chi connectivity index (χ1) is 12.7. The van der Waals surface area contributed by atoms with Gasteiger partial charge in [0.2, 0.25) is 5.95 Å². The number of H-pyrrole nitrogens is 1. The van der Waals surface area contributed by atoms with Gasteiger partial charge in [0.05, 0.1) is 5.52 Å². The second-order valence-electron chi connectivity index (χ2n) is 6.22. The third kappa shape index (κ3) is 3.20. The minimum atomic E-state index is 0.591. The minimum absolute atomic E-state index is 0.591. The molecular weight excluding hydrogens is 323 g/mol. The number of allylic oxidation sites excluding steroid dienone is 2. The second kappa shape index (κ2) is 7.03. The van der Waals surface area contributed by atoms with E-state index in [1.54, 1.807) is 0 Å². The van der Waals surface area contributed by atoms with Crippen molar-refractivity contribution in [2.24, 2.45) is 0 Å². The molecule has 1 aliphatic carbocycles. The molecule has 0 atom stereocenters. The van der Waals surface area contributed by atoms with Crippen LogP contribution in [0.25, 0.3) is 22.0 Å². The number of aromatic nitrogens is 4. The van der Waals surface area contributed by atoms with E-state index in [4.69, 9.17) is 7.85 Å². The first-order valence-corrected chi connectivity index (χ1v) is 8.61. The molecule has 6 nitrogen and oxygen atoms in total. The maximum Gasteiger partial charge on any atom is 0.222 e. The summed E-state index contributed by atoms with van der Waals surface area (Å²) in [6, 6.07) is 6.13. The van der Waals surface area contributed by atoms with Gasteiger partial charge in [-0.2, -0.15) is 5.10 Å². The highest BCUT2D eigenvalue weighted by atomic mass is 15.2. The van der Waals surface area contributed by atoms with Gasteiger partial charge in [-0.25, -0.2) is 9.97 Å². The molecule has 3 N–H and O–H groups in total. The zero-order valence-electron chi connectivity index (χ0n) is 14.6. The Bertz CT molecular complexity index is 987. The predicted molar refractivity (Wildman–Crippen MR) is 106 cm³/mol. The van der Waals surface area contributed by atoms with Crippen molar-refractivity contribution in [2.45, 2.75) is 12.8 Å². The summed E-state index contributed by atoms with van der Waals surface area (Å²) >= 11 is 0. The largest absolute Gasteiger partial charge is 0.371 e. The maximum atomic E-state index is 6.04. The fourth-order valence-corrected chi connectivity index (χ4v) is 3.04. The van der Waals surface area contributed by atoms with Crippen LogP contribution < -0.4 is 10.6 Å². The van der Waals surface area contributed by atoms with Crippen molar-refractivity contribution in [1.82, 2.24) is 20.2 Å². The lowest BCUT2D eigenvalue weighted by Crippen LogP contribution is -2.10. The van der Waals surface area contributed by atoms with E-state index in [0.717, 1.165) is 51.7 Å². The third-order valence-electron chi connectivity index (χ3n) is 4.53. The normalized spacial score (nSPS) is 14.0. The van der Waals surface area contributed by atoms with Crippen LogP contribution >= 0.6 is 0 Å². The summed E-state index contributed by atoms with van der Waals surface area (Å²) in [5.74, 6) is 1.43. The lowest BCUT2D eigenvalue weighted by molar-refractivity contribution is 0.979. The first-order valence-electron chi connectivity index (χ1n) is 8.61. The van der Waals surface area contributed by atoms with Crippen molar-refractivity contribution in [3.8, 4) is 11.1 Å². The number of aromatic amines is 1. The topological polar surface area (TPSA) is 78.5 Å². The molecule has 0 aliphatic heterocycles. The summed E-state index contributed by atoms with van der Waals surface area (Å²) < 4.78 is 0. The van der Waals surface area contributed by atoms with Crippen LogP contribution in [0.5, 0.6) is 0 Å². The lowest BCUT2D eigenvalue weighted by atomic mass is 9.83. The van der Waals surface area contributed by atoms with E-state index in [1.165, 1.54) is 0 Å². The van der Waals surface area contributed by atoms with Gasteiger partial charge in [0.25, 0.3) is 0 Å². The first kappa shape index (κ1) is 16.4. The molecule has 2 radical (unpaired) electrons. The third-order valence-corrected chi connectivity index (χ3v) is 4.53. The fourth-order valence-electron chi connectivity index (χ4n) is 3.04. The molecule has 1 aliphatic rings. The van der Waals surface area contributed by atoms with Crippen LogP contribution in [0, 0.1) is 0 Å². The average molecular weight is 342 g/mol. The quantitative estimate of drug-likeness (QED) is 0.621. The van der Waals surface area contributed by atoms with Crippen molar-refractivity contribution in [3.05, 3.63) is 53.8 Å². The van der Waals surface area contributed by atoms with Crippen LogP contribution in [0.1, 0.15) is 12.8 Å². The van der Waals surface area contributed by atoms with Gasteiger partial charge in [-0.1, -0.05) is 18.2 Å². The Kier molecular flexibility index (Phi) is 4.43. The molecule has 0 bridgehead atoms. The Hall–Kier alpha value is -3.09. The van der Waals surface area contributed by atoms with E-state index < -0.39 is 0 Å². The molecule has 2 heterocycles. The van der Waals surface area contributed by atoms with Gasteiger partial charge < -0.3 is 10.6 Å². The van der Waals surface area contributed by atoms with E-state index in [9.17, 15) is 0 Å².